The van der Waals surface area contributed by atoms with Crippen molar-refractivity contribution in [3.05, 3.63) is 48.2 Å². The van der Waals surface area contributed by atoms with E-state index in [0.717, 1.165) is 29.3 Å². The van der Waals surface area contributed by atoms with Crippen LogP contribution in [0.1, 0.15) is 18.5 Å². The van der Waals surface area contributed by atoms with Crippen molar-refractivity contribution in [2.75, 3.05) is 20.3 Å². The maximum absolute atomic E-state index is 13.1. The molecule has 0 bridgehead atoms. The number of nitrogens with zero attached hydrogens (tertiary/aromatic N) is 4. The van der Waals surface area contributed by atoms with Crippen LogP contribution >= 0.6 is 0 Å². The van der Waals surface area contributed by atoms with E-state index in [1.165, 1.54) is 7.11 Å². The van der Waals surface area contributed by atoms with Gasteiger partial charge in [0.15, 0.2) is 11.5 Å². The molecule has 0 radical (unpaired) electrons. The van der Waals surface area contributed by atoms with E-state index < -0.39 is 10.0 Å². The summed E-state index contributed by atoms with van der Waals surface area (Å²) in [5.74, 6) is 0.698. The number of fused-ring (bicyclic) bond motifs is 3. The summed E-state index contributed by atoms with van der Waals surface area (Å²) < 4.78 is 41.3. The van der Waals surface area contributed by atoms with Gasteiger partial charge in [-0.15, -0.1) is 10.2 Å². The first-order chi connectivity index (χ1) is 15.5. The molecule has 1 N–H and O–H groups in total. The summed E-state index contributed by atoms with van der Waals surface area (Å²) in [7, 11) is -2.39. The molecule has 3 heterocycles. The van der Waals surface area contributed by atoms with E-state index in [2.05, 4.69) is 20.0 Å². The predicted octanol–water partition coefficient (Wildman–Crippen LogP) is 2.72. The number of aryl methyl sites for hydroxylation is 1. The van der Waals surface area contributed by atoms with Gasteiger partial charge in [0.05, 0.1) is 18.9 Å². The first-order valence-electron chi connectivity index (χ1n) is 10.4. The monoisotopic (exact) mass is 453 g/mol. The van der Waals surface area contributed by atoms with E-state index >= 15 is 0 Å². The molecule has 0 amide bonds. The van der Waals surface area contributed by atoms with Gasteiger partial charge in [-0.2, -0.15) is 9.61 Å². The van der Waals surface area contributed by atoms with Crippen LogP contribution in [0.25, 0.3) is 27.8 Å². The molecule has 1 aliphatic heterocycles. The predicted molar refractivity (Wildman–Crippen MR) is 119 cm³/mol. The zero-order valence-electron chi connectivity index (χ0n) is 17.8. The van der Waals surface area contributed by atoms with Crippen molar-refractivity contribution in [3.63, 3.8) is 0 Å². The third-order valence-electron chi connectivity index (χ3n) is 5.68. The molecule has 166 valence electrons. The number of methoxy groups -OCH3 is 1. The second kappa shape index (κ2) is 8.12. The van der Waals surface area contributed by atoms with Crippen molar-refractivity contribution < 1.29 is 17.9 Å². The molecule has 0 aliphatic carbocycles. The Morgan fingerprint density at radius 1 is 1.19 bits per heavy atom. The summed E-state index contributed by atoms with van der Waals surface area (Å²) in [5.41, 5.74) is 2.00. The minimum absolute atomic E-state index is 0.0322. The third kappa shape index (κ3) is 3.60. The van der Waals surface area contributed by atoms with Crippen LogP contribution < -0.4 is 9.46 Å². The molecule has 4 aromatic rings. The molecule has 1 saturated heterocycles. The second-order valence-corrected chi connectivity index (χ2v) is 9.48. The molecule has 1 fully saturated rings. The largest absolute Gasteiger partial charge is 0.495 e. The van der Waals surface area contributed by atoms with Crippen molar-refractivity contribution in [3.8, 4) is 17.1 Å². The van der Waals surface area contributed by atoms with Crippen LogP contribution in [0.4, 0.5) is 0 Å². The fourth-order valence-corrected chi connectivity index (χ4v) is 5.29. The molecule has 2 aromatic heterocycles. The maximum atomic E-state index is 13.1. The van der Waals surface area contributed by atoms with Gasteiger partial charge >= 0.3 is 0 Å². The van der Waals surface area contributed by atoms with Gasteiger partial charge in [-0.3, -0.25) is 0 Å². The molecule has 1 aliphatic rings. The van der Waals surface area contributed by atoms with Gasteiger partial charge in [0.1, 0.15) is 10.6 Å². The molecule has 0 saturated carbocycles. The summed E-state index contributed by atoms with van der Waals surface area (Å²) in [6.45, 7) is 2.80. The molecular formula is C22H23N5O4S. The Balaban J connectivity index is 1.58. The Hall–Kier alpha value is -3.08. The van der Waals surface area contributed by atoms with E-state index in [-0.39, 0.29) is 23.3 Å². The van der Waals surface area contributed by atoms with E-state index in [9.17, 15) is 8.42 Å². The summed E-state index contributed by atoms with van der Waals surface area (Å²) in [5, 5.41) is 15.2. The minimum Gasteiger partial charge on any atom is -0.495 e. The molecule has 1 atom stereocenters. The van der Waals surface area contributed by atoms with E-state index in [4.69, 9.17) is 9.47 Å². The van der Waals surface area contributed by atoms with Gasteiger partial charge in [-0.1, -0.05) is 24.3 Å². The Kier molecular flexibility index (Phi) is 5.28. The fraction of sp³-hybridized carbons (Fsp3) is 0.318. The first-order valence-corrected chi connectivity index (χ1v) is 11.9. The Morgan fingerprint density at radius 2 is 2.00 bits per heavy atom. The summed E-state index contributed by atoms with van der Waals surface area (Å²) >= 11 is 0. The van der Waals surface area contributed by atoms with Crippen molar-refractivity contribution in [2.45, 2.75) is 30.8 Å². The highest BCUT2D eigenvalue weighted by Crippen LogP contribution is 2.30. The Morgan fingerprint density at radius 3 is 2.75 bits per heavy atom. The standard InChI is InChI=1S/C22H23N5O4S/c1-14-17-7-3-4-8-18(17)22-25-24-21(27(22)26-14)15-9-10-19(30-2)20(12-15)32(28,29)23-13-16-6-5-11-31-16/h3-4,7-10,12,16,23H,5-6,11,13H2,1-2H3/t16-/m0/s1. The van der Waals surface area contributed by atoms with Gasteiger partial charge < -0.3 is 9.47 Å². The normalized spacial score (nSPS) is 16.8. The van der Waals surface area contributed by atoms with Gasteiger partial charge in [-0.25, -0.2) is 13.1 Å². The number of rotatable bonds is 6. The number of hydrogen-bond acceptors (Lipinski definition) is 7. The van der Waals surface area contributed by atoms with Gasteiger partial charge in [0.2, 0.25) is 10.0 Å². The topological polar surface area (TPSA) is 108 Å². The van der Waals surface area contributed by atoms with Gasteiger partial charge in [-0.05, 0) is 38.0 Å². The van der Waals surface area contributed by atoms with Crippen molar-refractivity contribution in [1.82, 2.24) is 24.5 Å². The van der Waals surface area contributed by atoms with Crippen LogP contribution in [-0.2, 0) is 14.8 Å². The lowest BCUT2D eigenvalue weighted by Crippen LogP contribution is -2.32. The van der Waals surface area contributed by atoms with Crippen molar-refractivity contribution in [2.24, 2.45) is 0 Å². The minimum atomic E-state index is -3.83. The highest BCUT2D eigenvalue weighted by atomic mass is 32.2. The number of aromatic nitrogens is 4. The quantitative estimate of drug-likeness (QED) is 0.478. The zero-order chi connectivity index (χ0) is 22.3. The highest BCUT2D eigenvalue weighted by Gasteiger charge is 2.25. The van der Waals surface area contributed by atoms with Crippen LogP contribution in [0, 0.1) is 6.92 Å². The highest BCUT2D eigenvalue weighted by molar-refractivity contribution is 7.89. The number of sulfonamides is 1. The third-order valence-corrected chi connectivity index (χ3v) is 7.13. The molecule has 5 rings (SSSR count). The lowest BCUT2D eigenvalue weighted by Gasteiger charge is -2.14. The lowest BCUT2D eigenvalue weighted by atomic mass is 10.1. The first kappa shape index (κ1) is 20.8. The number of hydrogen-bond donors (Lipinski definition) is 1. The number of benzene rings is 2. The van der Waals surface area contributed by atoms with Gasteiger partial charge in [0, 0.05) is 29.5 Å². The van der Waals surface area contributed by atoms with Gasteiger partial charge in [0.25, 0.3) is 0 Å². The molecule has 0 spiro atoms. The molecule has 32 heavy (non-hydrogen) atoms. The second-order valence-electron chi connectivity index (χ2n) is 7.74. The van der Waals surface area contributed by atoms with Crippen LogP contribution in [0.15, 0.2) is 47.4 Å². The SMILES string of the molecule is COc1ccc(-c2nnc3c4ccccc4c(C)nn23)cc1S(=O)(=O)NC[C@@H]1CCCO1. The van der Waals surface area contributed by atoms with Crippen LogP contribution in [0.2, 0.25) is 0 Å². The lowest BCUT2D eigenvalue weighted by molar-refractivity contribution is 0.114. The summed E-state index contributed by atoms with van der Waals surface area (Å²) in [6.07, 6.45) is 1.66. The average molecular weight is 454 g/mol. The maximum Gasteiger partial charge on any atom is 0.244 e. The van der Waals surface area contributed by atoms with E-state index in [1.807, 2.05) is 31.2 Å². The van der Waals surface area contributed by atoms with Crippen LogP contribution in [0.5, 0.6) is 5.75 Å². The smallest absolute Gasteiger partial charge is 0.244 e. The van der Waals surface area contributed by atoms with Crippen molar-refractivity contribution in [1.29, 1.82) is 0 Å². The molecule has 2 aromatic carbocycles. The Labute approximate surface area is 185 Å². The Bertz CT molecular complexity index is 1410. The molecule has 10 heteroatoms. The summed E-state index contributed by atoms with van der Waals surface area (Å²) in [4.78, 5) is 0.0322. The number of nitrogens with one attached hydrogen (secondary N) is 1. The molecule has 9 nitrogen and oxygen atoms in total. The van der Waals surface area contributed by atoms with E-state index in [0.29, 0.717) is 23.6 Å². The average Bonchev–Trinajstić information content (AvgIpc) is 3.48. The molecule has 0 unspecified atom stereocenters. The summed E-state index contributed by atoms with van der Waals surface area (Å²) in [6, 6.07) is 12.8. The van der Waals surface area contributed by atoms with Crippen molar-refractivity contribution >= 4 is 26.4 Å². The van der Waals surface area contributed by atoms with Crippen LogP contribution in [0.3, 0.4) is 0 Å². The molecular weight excluding hydrogens is 430 g/mol. The van der Waals surface area contributed by atoms with E-state index in [1.54, 1.807) is 22.7 Å². The number of ether oxygens (including phenoxy) is 2. The van der Waals surface area contributed by atoms with Crippen LogP contribution in [-0.4, -0.2) is 54.6 Å². The fourth-order valence-electron chi connectivity index (χ4n) is 4.03. The zero-order valence-corrected chi connectivity index (χ0v) is 18.6.